The van der Waals surface area contributed by atoms with E-state index in [1.807, 2.05) is 0 Å². The monoisotopic (exact) mass is 204 g/mol. The van der Waals surface area contributed by atoms with Crippen molar-refractivity contribution in [2.45, 2.75) is 6.92 Å². The minimum atomic E-state index is -0.937. The third kappa shape index (κ3) is 1.85. The molecular weight excluding hydrogens is 196 g/mol. The Labute approximate surface area is 85.0 Å². The molecule has 1 aromatic carbocycles. The van der Waals surface area contributed by atoms with Gasteiger partial charge in [-0.15, -0.1) is 0 Å². The molecule has 0 bridgehead atoms. The van der Waals surface area contributed by atoms with Crippen LogP contribution in [-0.4, -0.2) is 21.4 Å². The summed E-state index contributed by atoms with van der Waals surface area (Å²) in [5.41, 5.74) is 2.30. The van der Waals surface area contributed by atoms with Gasteiger partial charge in [-0.1, -0.05) is 6.07 Å². The van der Waals surface area contributed by atoms with Gasteiger partial charge in [0.2, 0.25) is 0 Å². The summed E-state index contributed by atoms with van der Waals surface area (Å²) in [5, 5.41) is 16.0. The van der Waals surface area contributed by atoms with Crippen LogP contribution in [0.25, 0.3) is 17.1 Å². The average molecular weight is 204 g/mol. The largest absolute Gasteiger partial charge is 0.478 e. The van der Waals surface area contributed by atoms with Crippen LogP contribution in [0.15, 0.2) is 28.4 Å². The summed E-state index contributed by atoms with van der Waals surface area (Å²) in [4.78, 5) is 10.6. The van der Waals surface area contributed by atoms with E-state index in [2.05, 4.69) is 14.9 Å². The molecule has 2 rings (SSSR count). The Balaban J connectivity index is 2.44. The fourth-order valence-electron chi connectivity index (χ4n) is 1.20. The second kappa shape index (κ2) is 3.53. The number of benzene rings is 1. The highest BCUT2D eigenvalue weighted by Gasteiger charge is 2.02. The van der Waals surface area contributed by atoms with Crippen LogP contribution < -0.4 is 0 Å². The highest BCUT2D eigenvalue weighted by Crippen LogP contribution is 2.14. The summed E-state index contributed by atoms with van der Waals surface area (Å²) in [7, 11) is 0. The number of aliphatic carboxylic acids is 1. The number of carboxylic acid groups (broad SMARTS) is 1. The predicted octanol–water partition coefficient (Wildman–Crippen LogP) is 1.71. The Morgan fingerprint density at radius 2 is 2.13 bits per heavy atom. The first kappa shape index (κ1) is 9.39. The summed E-state index contributed by atoms with van der Waals surface area (Å²) in [6.07, 6.45) is 1.57. The molecule has 0 aliphatic heterocycles. The highest BCUT2D eigenvalue weighted by molar-refractivity contribution is 5.92. The van der Waals surface area contributed by atoms with Gasteiger partial charge in [0.25, 0.3) is 0 Å². The SMILES string of the molecule is C/C(=C\c1ccc2nonc2c1)C(=O)O. The number of hydrogen-bond donors (Lipinski definition) is 1. The number of carboxylic acids is 1. The molecule has 0 spiro atoms. The molecule has 0 radical (unpaired) electrons. The Kier molecular flexibility index (Phi) is 2.21. The number of fused-ring (bicyclic) bond motifs is 1. The van der Waals surface area contributed by atoms with Crippen LogP contribution in [0.5, 0.6) is 0 Å². The van der Waals surface area contributed by atoms with E-state index in [1.54, 1.807) is 24.3 Å². The summed E-state index contributed by atoms with van der Waals surface area (Å²) >= 11 is 0. The van der Waals surface area contributed by atoms with Crippen LogP contribution in [0.1, 0.15) is 12.5 Å². The minimum Gasteiger partial charge on any atom is -0.478 e. The number of hydrogen-bond acceptors (Lipinski definition) is 4. The molecule has 0 aliphatic rings. The predicted molar refractivity (Wildman–Crippen MR) is 53.1 cm³/mol. The maximum absolute atomic E-state index is 10.6. The second-order valence-corrected chi connectivity index (χ2v) is 3.14. The highest BCUT2D eigenvalue weighted by atomic mass is 16.6. The molecule has 5 nitrogen and oxygen atoms in total. The third-order valence-electron chi connectivity index (χ3n) is 2.00. The first-order chi connectivity index (χ1) is 7.16. The number of rotatable bonds is 2. The zero-order valence-corrected chi connectivity index (χ0v) is 7.97. The van der Waals surface area contributed by atoms with E-state index in [4.69, 9.17) is 5.11 Å². The van der Waals surface area contributed by atoms with Gasteiger partial charge in [-0.05, 0) is 41.0 Å². The van der Waals surface area contributed by atoms with Crippen LogP contribution in [-0.2, 0) is 4.79 Å². The van der Waals surface area contributed by atoms with Gasteiger partial charge < -0.3 is 5.11 Å². The van der Waals surface area contributed by atoms with Crippen LogP contribution in [0.3, 0.4) is 0 Å². The van der Waals surface area contributed by atoms with Gasteiger partial charge in [-0.3, -0.25) is 0 Å². The Hall–Kier alpha value is -2.17. The molecule has 0 unspecified atom stereocenters. The van der Waals surface area contributed by atoms with Crippen molar-refractivity contribution in [3.05, 3.63) is 29.3 Å². The van der Waals surface area contributed by atoms with Gasteiger partial charge in [-0.2, -0.15) is 0 Å². The molecule has 0 fully saturated rings. The van der Waals surface area contributed by atoms with Gasteiger partial charge >= 0.3 is 5.97 Å². The zero-order chi connectivity index (χ0) is 10.8. The zero-order valence-electron chi connectivity index (χ0n) is 7.97. The lowest BCUT2D eigenvalue weighted by atomic mass is 10.1. The average Bonchev–Trinajstić information content (AvgIpc) is 2.64. The summed E-state index contributed by atoms with van der Waals surface area (Å²) in [6.45, 7) is 1.54. The number of aromatic nitrogens is 2. The second-order valence-electron chi connectivity index (χ2n) is 3.14. The van der Waals surface area contributed by atoms with Crippen LogP contribution in [0.2, 0.25) is 0 Å². The maximum Gasteiger partial charge on any atom is 0.331 e. The van der Waals surface area contributed by atoms with Crippen molar-refractivity contribution >= 4 is 23.1 Å². The quantitative estimate of drug-likeness (QED) is 0.753. The van der Waals surface area contributed by atoms with Crippen molar-refractivity contribution in [3.8, 4) is 0 Å². The molecule has 5 heteroatoms. The van der Waals surface area contributed by atoms with Crippen molar-refractivity contribution in [2.24, 2.45) is 0 Å². The lowest BCUT2D eigenvalue weighted by Crippen LogP contribution is -1.95. The summed E-state index contributed by atoms with van der Waals surface area (Å²) < 4.78 is 4.54. The fraction of sp³-hybridized carbons (Fsp3) is 0.100. The van der Waals surface area contributed by atoms with Gasteiger partial charge in [0.15, 0.2) is 0 Å². The lowest BCUT2D eigenvalue weighted by molar-refractivity contribution is -0.132. The third-order valence-corrected chi connectivity index (χ3v) is 2.00. The molecule has 0 atom stereocenters. The first-order valence-corrected chi connectivity index (χ1v) is 4.31. The van der Waals surface area contributed by atoms with Gasteiger partial charge in [0, 0.05) is 5.57 Å². The Bertz CT molecular complexity index is 542. The molecule has 0 saturated carbocycles. The van der Waals surface area contributed by atoms with E-state index in [0.717, 1.165) is 5.56 Å². The lowest BCUT2D eigenvalue weighted by Gasteiger charge is -1.94. The van der Waals surface area contributed by atoms with Crippen LogP contribution >= 0.6 is 0 Å². The first-order valence-electron chi connectivity index (χ1n) is 4.31. The molecule has 1 aromatic heterocycles. The topological polar surface area (TPSA) is 76.2 Å². The minimum absolute atomic E-state index is 0.269. The normalized spacial score (nSPS) is 11.9. The Morgan fingerprint density at radius 1 is 1.40 bits per heavy atom. The van der Waals surface area contributed by atoms with Gasteiger partial charge in [0.05, 0.1) is 0 Å². The van der Waals surface area contributed by atoms with E-state index in [-0.39, 0.29) is 5.57 Å². The van der Waals surface area contributed by atoms with Crippen molar-refractivity contribution in [1.82, 2.24) is 10.3 Å². The van der Waals surface area contributed by atoms with E-state index in [1.165, 1.54) is 6.92 Å². The van der Waals surface area contributed by atoms with Crippen molar-refractivity contribution < 1.29 is 14.5 Å². The molecule has 1 N–H and O–H groups in total. The van der Waals surface area contributed by atoms with Gasteiger partial charge in [0.1, 0.15) is 11.0 Å². The molecule has 2 aromatic rings. The molecule has 76 valence electrons. The van der Waals surface area contributed by atoms with Gasteiger partial charge in [-0.25, -0.2) is 9.42 Å². The molecule has 0 saturated heterocycles. The van der Waals surface area contributed by atoms with E-state index < -0.39 is 5.97 Å². The number of carbonyl (C=O) groups is 1. The van der Waals surface area contributed by atoms with Crippen LogP contribution in [0, 0.1) is 0 Å². The molecule has 0 amide bonds. The molecule has 15 heavy (non-hydrogen) atoms. The van der Waals surface area contributed by atoms with Crippen molar-refractivity contribution in [2.75, 3.05) is 0 Å². The fourth-order valence-corrected chi connectivity index (χ4v) is 1.20. The molecular formula is C10H8N2O3. The van der Waals surface area contributed by atoms with E-state index >= 15 is 0 Å². The Morgan fingerprint density at radius 3 is 2.87 bits per heavy atom. The number of nitrogens with zero attached hydrogens (tertiary/aromatic N) is 2. The molecule has 1 heterocycles. The van der Waals surface area contributed by atoms with E-state index in [9.17, 15) is 4.79 Å². The molecule has 0 aliphatic carbocycles. The van der Waals surface area contributed by atoms with Crippen LogP contribution in [0.4, 0.5) is 0 Å². The maximum atomic E-state index is 10.6. The van der Waals surface area contributed by atoms with E-state index in [0.29, 0.717) is 11.0 Å². The smallest absolute Gasteiger partial charge is 0.331 e. The van der Waals surface area contributed by atoms with Crippen molar-refractivity contribution in [1.29, 1.82) is 0 Å². The standard InChI is InChI=1S/C10H8N2O3/c1-6(10(13)14)4-7-2-3-8-9(5-7)12-15-11-8/h2-5H,1H3,(H,13,14)/b6-4+. The summed E-state index contributed by atoms with van der Waals surface area (Å²) in [6, 6.07) is 5.21. The van der Waals surface area contributed by atoms with Crippen molar-refractivity contribution in [3.63, 3.8) is 0 Å². The summed E-state index contributed by atoms with van der Waals surface area (Å²) in [5.74, 6) is -0.937.